The number of hydrogen-bond acceptors (Lipinski definition) is 0. The Bertz CT molecular complexity index is 3850. The van der Waals surface area contributed by atoms with E-state index < -0.39 is 0 Å². The fraction of sp³-hybridized carbons (Fsp3) is 0.111. The molecule has 0 heteroatoms. The van der Waals surface area contributed by atoms with Crippen LogP contribution in [0.4, 0.5) is 0 Å². The van der Waals surface area contributed by atoms with E-state index in [1.165, 1.54) is 176 Å². The Balaban J connectivity index is 1.05. The zero-order valence-corrected chi connectivity index (χ0v) is 41.3. The van der Waals surface area contributed by atoms with Crippen molar-refractivity contribution >= 4 is 64.6 Å². The zero-order chi connectivity index (χ0) is 47.9. The van der Waals surface area contributed by atoms with Crippen LogP contribution in [0, 0.1) is 0 Å². The number of hydrogen-bond donors (Lipinski definition) is 0. The van der Waals surface area contributed by atoms with E-state index in [0.29, 0.717) is 0 Å². The van der Waals surface area contributed by atoms with Gasteiger partial charge in [-0.15, -0.1) is 0 Å². The maximum atomic E-state index is 2.48. The van der Waals surface area contributed by atoms with Gasteiger partial charge in [-0.25, -0.2) is 0 Å². The lowest BCUT2D eigenvalue weighted by molar-refractivity contribution is 1.14. The molecule has 0 aromatic heterocycles. The van der Waals surface area contributed by atoms with Gasteiger partial charge in [0.2, 0.25) is 0 Å². The third kappa shape index (κ3) is 5.58. The summed E-state index contributed by atoms with van der Waals surface area (Å²) in [6, 6.07) is 75.7. The molecule has 0 bridgehead atoms. The fourth-order valence-electron chi connectivity index (χ4n) is 13.5. The molecule has 0 saturated carbocycles. The van der Waals surface area contributed by atoms with Crippen molar-refractivity contribution in [2.24, 2.45) is 0 Å². The van der Waals surface area contributed by atoms with Crippen LogP contribution in [0.3, 0.4) is 0 Å². The second-order valence-corrected chi connectivity index (χ2v) is 20.4. The molecular weight excluding hydrogens is 865 g/mol. The van der Waals surface area contributed by atoms with Gasteiger partial charge < -0.3 is 0 Å². The summed E-state index contributed by atoms with van der Waals surface area (Å²) in [5.41, 5.74) is 26.6. The first kappa shape index (κ1) is 41.5. The Morgan fingerprint density at radius 3 is 0.625 bits per heavy atom. The van der Waals surface area contributed by atoms with Gasteiger partial charge in [0.05, 0.1) is 0 Å². The van der Waals surface area contributed by atoms with Crippen LogP contribution in [-0.4, -0.2) is 0 Å². The number of fused-ring (bicyclic) bond motifs is 10. The van der Waals surface area contributed by atoms with E-state index in [1.807, 2.05) is 0 Å². The Morgan fingerprint density at radius 1 is 0.194 bits per heavy atom. The van der Waals surface area contributed by atoms with Gasteiger partial charge in [-0.2, -0.15) is 0 Å². The summed E-state index contributed by atoms with van der Waals surface area (Å²) in [4.78, 5) is 0. The molecular formula is C72H52. The summed E-state index contributed by atoms with van der Waals surface area (Å²) in [5.74, 6) is 0. The van der Waals surface area contributed by atoms with Crippen LogP contribution in [0.15, 0.2) is 194 Å². The van der Waals surface area contributed by atoms with E-state index in [2.05, 4.69) is 222 Å². The fourth-order valence-corrected chi connectivity index (χ4v) is 13.5. The number of rotatable bonds is 8. The topological polar surface area (TPSA) is 0 Å². The van der Waals surface area contributed by atoms with Crippen molar-refractivity contribution < 1.29 is 0 Å². The van der Waals surface area contributed by atoms with E-state index in [1.54, 1.807) is 0 Å². The molecule has 2 aliphatic carbocycles. The van der Waals surface area contributed by atoms with Crippen molar-refractivity contribution in [3.63, 3.8) is 0 Å². The molecule has 340 valence electrons. The Kier molecular flexibility index (Phi) is 8.98. The Morgan fingerprint density at radius 2 is 0.417 bits per heavy atom. The van der Waals surface area contributed by atoms with Crippen molar-refractivity contribution in [1.82, 2.24) is 0 Å². The molecule has 13 aromatic rings. The minimum absolute atomic E-state index is 1.02. The van der Waals surface area contributed by atoms with E-state index in [4.69, 9.17) is 0 Å². The van der Waals surface area contributed by atoms with Crippen LogP contribution in [-0.2, 0) is 25.7 Å². The highest BCUT2D eigenvalue weighted by atomic mass is 14.4. The zero-order valence-electron chi connectivity index (χ0n) is 41.3. The predicted octanol–water partition coefficient (Wildman–Crippen LogP) is 20.3. The van der Waals surface area contributed by atoms with Crippen molar-refractivity contribution in [2.75, 3.05) is 0 Å². The second kappa shape index (κ2) is 15.6. The third-order valence-corrected chi connectivity index (χ3v) is 17.0. The average Bonchev–Trinajstić information content (AvgIpc) is 3.96. The van der Waals surface area contributed by atoms with Crippen LogP contribution >= 0.6 is 0 Å². The normalized spacial score (nSPS) is 12.4. The third-order valence-electron chi connectivity index (χ3n) is 17.0. The van der Waals surface area contributed by atoms with Crippen LogP contribution < -0.4 is 0 Å². The first-order chi connectivity index (χ1) is 35.6. The van der Waals surface area contributed by atoms with Gasteiger partial charge in [0.15, 0.2) is 0 Å². The molecule has 0 atom stereocenters. The maximum Gasteiger partial charge on any atom is -0.000740 e. The van der Waals surface area contributed by atoms with E-state index in [-0.39, 0.29) is 0 Å². The molecule has 0 unspecified atom stereocenters. The summed E-state index contributed by atoms with van der Waals surface area (Å²) >= 11 is 0. The largest absolute Gasteiger partial charge is 0.0616 e. The highest BCUT2D eigenvalue weighted by molar-refractivity contribution is 6.42. The minimum atomic E-state index is 1.02. The van der Waals surface area contributed by atoms with Crippen LogP contribution in [0.25, 0.3) is 154 Å². The Hall–Kier alpha value is -8.32. The molecule has 0 aliphatic heterocycles. The lowest BCUT2D eigenvalue weighted by Gasteiger charge is -2.20. The monoisotopic (exact) mass is 916 g/mol. The number of aryl methyl sites for hydroxylation is 4. The first-order valence-electron chi connectivity index (χ1n) is 26.3. The second-order valence-electron chi connectivity index (χ2n) is 20.4. The van der Waals surface area contributed by atoms with Gasteiger partial charge in [0.1, 0.15) is 0 Å². The highest BCUT2D eigenvalue weighted by Crippen LogP contribution is 2.63. The van der Waals surface area contributed by atoms with Crippen molar-refractivity contribution in [3.05, 3.63) is 216 Å². The molecule has 72 heavy (non-hydrogen) atoms. The van der Waals surface area contributed by atoms with Gasteiger partial charge in [-0.05, 0) is 202 Å². The Labute approximate surface area is 421 Å². The quantitative estimate of drug-likeness (QED) is 0.105. The van der Waals surface area contributed by atoms with E-state index >= 15 is 0 Å². The SMILES string of the molecule is CCc1ccc(-c2c3c(c(-c4ccc(CC)cc4)c4ccccc24)-c2ccc4c5ccc6c7c(ccc(c8ccc-3c2c84)c75)-c2c-6c(-c3ccc(CC)cc3)c3ccccc3c2-c2ccc(CC)cc2)cc1. The highest BCUT2D eigenvalue weighted by Gasteiger charge is 2.35. The standard InChI is InChI=1S/C72H52/c1-5-41-17-25-45(26-18-41)61-49-13-9-10-14-50(49)62(46-27-19-42(6-2)20-28-46)70-58-38-34-54-56-36-40-60-68-59(39-35-55(66(56)68)53-33-37-57(69(61)70)67(58)65(53)54)71-63(47-29-21-43(7-3)22-30-47)51-15-11-12-16-52(51)64(72(60)71)48-31-23-44(8-4)24-32-48/h9-40H,5-8H2,1-4H3. The van der Waals surface area contributed by atoms with Crippen molar-refractivity contribution in [2.45, 2.75) is 53.4 Å². The molecule has 0 fully saturated rings. The van der Waals surface area contributed by atoms with Gasteiger partial charge in [0.25, 0.3) is 0 Å². The maximum absolute atomic E-state index is 2.48. The summed E-state index contributed by atoms with van der Waals surface area (Å²) < 4.78 is 0. The molecule has 13 aromatic carbocycles. The van der Waals surface area contributed by atoms with Gasteiger partial charge in [0, 0.05) is 0 Å². The lowest BCUT2D eigenvalue weighted by Crippen LogP contribution is -1.94. The number of benzene rings is 13. The van der Waals surface area contributed by atoms with Crippen LogP contribution in [0.5, 0.6) is 0 Å². The summed E-state index contributed by atoms with van der Waals surface area (Å²) in [6.45, 7) is 8.98. The summed E-state index contributed by atoms with van der Waals surface area (Å²) in [6.07, 6.45) is 4.07. The first-order valence-corrected chi connectivity index (χ1v) is 26.3. The van der Waals surface area contributed by atoms with Crippen LogP contribution in [0.1, 0.15) is 49.9 Å². The summed E-state index contributed by atoms with van der Waals surface area (Å²) in [7, 11) is 0. The molecule has 0 heterocycles. The average molecular weight is 917 g/mol. The molecule has 0 saturated heterocycles. The molecule has 0 amide bonds. The molecule has 0 N–H and O–H groups in total. The molecule has 15 rings (SSSR count). The van der Waals surface area contributed by atoms with E-state index in [0.717, 1.165) is 25.7 Å². The van der Waals surface area contributed by atoms with Crippen molar-refractivity contribution in [3.8, 4) is 89.0 Å². The van der Waals surface area contributed by atoms with E-state index in [9.17, 15) is 0 Å². The smallest absolute Gasteiger partial charge is 0.000740 e. The summed E-state index contributed by atoms with van der Waals surface area (Å²) in [5, 5.41) is 16.0. The lowest BCUT2D eigenvalue weighted by atomic mass is 9.82. The molecule has 0 spiro atoms. The van der Waals surface area contributed by atoms with Gasteiger partial charge in [-0.3, -0.25) is 0 Å². The van der Waals surface area contributed by atoms with Crippen molar-refractivity contribution in [1.29, 1.82) is 0 Å². The van der Waals surface area contributed by atoms with Gasteiger partial charge in [-0.1, -0.05) is 222 Å². The minimum Gasteiger partial charge on any atom is -0.0616 e. The van der Waals surface area contributed by atoms with Crippen LogP contribution in [0.2, 0.25) is 0 Å². The predicted molar refractivity (Wildman–Crippen MR) is 311 cm³/mol. The molecule has 0 radical (unpaired) electrons. The molecule has 0 nitrogen and oxygen atoms in total. The van der Waals surface area contributed by atoms with Gasteiger partial charge >= 0.3 is 0 Å². The molecule has 2 aliphatic rings.